The van der Waals surface area contributed by atoms with Gasteiger partial charge < -0.3 is 9.67 Å². The topological polar surface area (TPSA) is 66.0 Å². The minimum Gasteiger partial charge on any atom is -0.506 e. The second-order valence-corrected chi connectivity index (χ2v) is 4.87. The molecule has 0 aliphatic heterocycles. The molecule has 4 nitrogen and oxygen atoms in total. The van der Waals surface area contributed by atoms with Gasteiger partial charge in [-0.25, -0.2) is 4.39 Å². The fourth-order valence-corrected chi connectivity index (χ4v) is 2.42. The second-order valence-electron chi connectivity index (χ2n) is 4.87. The van der Waals surface area contributed by atoms with Crippen molar-refractivity contribution in [1.82, 2.24) is 4.57 Å². The van der Waals surface area contributed by atoms with Gasteiger partial charge in [0.2, 0.25) is 0 Å². The van der Waals surface area contributed by atoms with Crippen LogP contribution in [0.3, 0.4) is 0 Å². The molecule has 0 atom stereocenters. The van der Waals surface area contributed by atoms with Gasteiger partial charge in [-0.2, -0.15) is 5.26 Å². The Morgan fingerprint density at radius 3 is 2.50 bits per heavy atom. The number of hydrogen-bond acceptors (Lipinski definition) is 3. The van der Waals surface area contributed by atoms with E-state index < -0.39 is 5.56 Å². The molecular weight excluding hydrogens is 283 g/mol. The molecule has 0 unspecified atom stereocenters. The molecule has 3 rings (SSSR count). The lowest BCUT2D eigenvalue weighted by Gasteiger charge is -2.12. The first kappa shape index (κ1) is 13.8. The van der Waals surface area contributed by atoms with Crippen LogP contribution in [0.2, 0.25) is 0 Å². The molecule has 0 saturated carbocycles. The Morgan fingerprint density at radius 2 is 1.82 bits per heavy atom. The van der Waals surface area contributed by atoms with Gasteiger partial charge in [0, 0.05) is 5.39 Å². The Kier molecular flexibility index (Phi) is 3.36. The summed E-state index contributed by atoms with van der Waals surface area (Å²) in [5, 5.41) is 19.6. The quantitative estimate of drug-likeness (QED) is 0.790. The van der Waals surface area contributed by atoms with E-state index in [0.717, 1.165) is 5.56 Å². The molecule has 0 bridgehead atoms. The highest BCUT2D eigenvalue weighted by molar-refractivity contribution is 5.87. The van der Waals surface area contributed by atoms with Crippen LogP contribution in [-0.2, 0) is 6.54 Å². The van der Waals surface area contributed by atoms with E-state index in [1.165, 1.54) is 16.7 Å². The van der Waals surface area contributed by atoms with E-state index >= 15 is 0 Å². The maximum absolute atomic E-state index is 13.0. The summed E-state index contributed by atoms with van der Waals surface area (Å²) in [6, 6.07) is 14.3. The van der Waals surface area contributed by atoms with Crippen LogP contribution in [0.4, 0.5) is 4.39 Å². The molecule has 0 radical (unpaired) electrons. The molecule has 108 valence electrons. The lowest BCUT2D eigenvalue weighted by molar-refractivity contribution is 0.477. The Hall–Kier alpha value is -3.13. The predicted molar refractivity (Wildman–Crippen MR) is 80.1 cm³/mol. The molecule has 0 aliphatic rings. The SMILES string of the molecule is N#Cc1c(O)c2ccccc2n(Cc2ccc(F)cc2)c1=O. The molecule has 0 spiro atoms. The highest BCUT2D eigenvalue weighted by Gasteiger charge is 2.15. The zero-order valence-corrected chi connectivity index (χ0v) is 11.5. The maximum atomic E-state index is 13.0. The van der Waals surface area contributed by atoms with E-state index in [2.05, 4.69) is 0 Å². The number of fused-ring (bicyclic) bond motifs is 1. The molecule has 0 amide bonds. The number of nitriles is 1. The zero-order valence-electron chi connectivity index (χ0n) is 11.5. The summed E-state index contributed by atoms with van der Waals surface area (Å²) >= 11 is 0. The van der Waals surface area contributed by atoms with Crippen molar-refractivity contribution in [2.24, 2.45) is 0 Å². The largest absolute Gasteiger partial charge is 0.506 e. The van der Waals surface area contributed by atoms with E-state index in [1.807, 2.05) is 0 Å². The average molecular weight is 294 g/mol. The Morgan fingerprint density at radius 1 is 1.14 bits per heavy atom. The zero-order chi connectivity index (χ0) is 15.7. The van der Waals surface area contributed by atoms with Gasteiger partial charge in [0.05, 0.1) is 12.1 Å². The monoisotopic (exact) mass is 294 g/mol. The highest BCUT2D eigenvalue weighted by atomic mass is 19.1. The van der Waals surface area contributed by atoms with Gasteiger partial charge in [-0.3, -0.25) is 4.79 Å². The van der Waals surface area contributed by atoms with Crippen molar-refractivity contribution < 1.29 is 9.50 Å². The minimum absolute atomic E-state index is 0.189. The molecule has 1 heterocycles. The summed E-state index contributed by atoms with van der Waals surface area (Å²) in [5.74, 6) is -0.664. The minimum atomic E-state index is -0.567. The average Bonchev–Trinajstić information content (AvgIpc) is 2.54. The molecular formula is C17H11FN2O2. The summed E-state index contributed by atoms with van der Waals surface area (Å²) in [6.45, 7) is 0.189. The molecule has 5 heteroatoms. The van der Waals surface area contributed by atoms with Crippen LogP contribution in [0, 0.1) is 17.1 Å². The highest BCUT2D eigenvalue weighted by Crippen LogP contribution is 2.26. The van der Waals surface area contributed by atoms with Gasteiger partial charge in [-0.1, -0.05) is 24.3 Å². The van der Waals surface area contributed by atoms with Crippen LogP contribution in [-0.4, -0.2) is 9.67 Å². The molecule has 2 aromatic carbocycles. The van der Waals surface area contributed by atoms with E-state index in [0.29, 0.717) is 10.9 Å². The first-order valence-electron chi connectivity index (χ1n) is 6.61. The first-order valence-corrected chi connectivity index (χ1v) is 6.61. The molecule has 22 heavy (non-hydrogen) atoms. The summed E-state index contributed by atoms with van der Waals surface area (Å²) in [6.07, 6.45) is 0. The first-order chi connectivity index (χ1) is 10.6. The van der Waals surface area contributed by atoms with Gasteiger partial charge in [0.1, 0.15) is 17.6 Å². The van der Waals surface area contributed by atoms with E-state index in [1.54, 1.807) is 42.5 Å². The summed E-state index contributed by atoms with van der Waals surface area (Å²) < 4.78 is 14.4. The fraction of sp³-hybridized carbons (Fsp3) is 0.0588. The Balaban J connectivity index is 2.26. The van der Waals surface area contributed by atoms with Crippen molar-refractivity contribution in [3.05, 3.63) is 75.8 Å². The Bertz CT molecular complexity index is 953. The normalized spacial score (nSPS) is 10.5. The molecule has 0 aliphatic carbocycles. The molecule has 0 saturated heterocycles. The van der Waals surface area contributed by atoms with Crippen molar-refractivity contribution in [3.8, 4) is 11.8 Å². The Labute approximate surface area is 125 Å². The number of halogens is 1. The third kappa shape index (κ3) is 2.21. The van der Waals surface area contributed by atoms with Crippen LogP contribution in [0.25, 0.3) is 10.9 Å². The van der Waals surface area contributed by atoms with Crippen molar-refractivity contribution in [1.29, 1.82) is 5.26 Å². The third-order valence-electron chi connectivity index (χ3n) is 3.51. The van der Waals surface area contributed by atoms with Crippen molar-refractivity contribution >= 4 is 10.9 Å². The smallest absolute Gasteiger partial charge is 0.273 e. The van der Waals surface area contributed by atoms with E-state index in [9.17, 15) is 14.3 Å². The van der Waals surface area contributed by atoms with Crippen LogP contribution >= 0.6 is 0 Å². The van der Waals surface area contributed by atoms with Gasteiger partial charge in [0.25, 0.3) is 5.56 Å². The fourth-order valence-electron chi connectivity index (χ4n) is 2.42. The number of pyridine rings is 1. The van der Waals surface area contributed by atoms with Gasteiger partial charge >= 0.3 is 0 Å². The summed E-state index contributed by atoms with van der Waals surface area (Å²) in [7, 11) is 0. The lowest BCUT2D eigenvalue weighted by Crippen LogP contribution is -2.23. The lowest BCUT2D eigenvalue weighted by atomic mass is 10.1. The summed E-state index contributed by atoms with van der Waals surface area (Å²) in [5.41, 5.74) is 0.389. The third-order valence-corrected chi connectivity index (χ3v) is 3.51. The van der Waals surface area contributed by atoms with E-state index in [-0.39, 0.29) is 23.7 Å². The van der Waals surface area contributed by atoms with Gasteiger partial charge in [0.15, 0.2) is 5.56 Å². The standard InChI is InChI=1S/C17H11FN2O2/c18-12-7-5-11(6-8-12)10-20-15-4-2-1-3-13(15)16(21)14(9-19)17(20)22/h1-8,21H,10H2. The number of nitrogens with zero attached hydrogens (tertiary/aromatic N) is 2. The number of aromatic hydroxyl groups is 1. The number of hydrogen-bond donors (Lipinski definition) is 1. The van der Waals surface area contributed by atoms with Crippen molar-refractivity contribution in [2.75, 3.05) is 0 Å². The number of benzene rings is 2. The van der Waals surface area contributed by atoms with Crippen molar-refractivity contribution in [3.63, 3.8) is 0 Å². The van der Waals surface area contributed by atoms with Crippen LogP contribution in [0.5, 0.6) is 5.75 Å². The summed E-state index contributed by atoms with van der Waals surface area (Å²) in [4.78, 5) is 12.4. The molecule has 3 aromatic rings. The number of rotatable bonds is 2. The second kappa shape index (κ2) is 5.34. The van der Waals surface area contributed by atoms with Gasteiger partial charge in [-0.05, 0) is 29.8 Å². The predicted octanol–water partition coefficient (Wildman–Crippen LogP) is 2.77. The van der Waals surface area contributed by atoms with Crippen LogP contribution in [0.1, 0.15) is 11.1 Å². The number of para-hydroxylation sites is 1. The van der Waals surface area contributed by atoms with Crippen LogP contribution in [0.15, 0.2) is 53.3 Å². The molecule has 0 fully saturated rings. The van der Waals surface area contributed by atoms with Gasteiger partial charge in [-0.15, -0.1) is 0 Å². The van der Waals surface area contributed by atoms with Crippen LogP contribution < -0.4 is 5.56 Å². The van der Waals surface area contributed by atoms with E-state index in [4.69, 9.17) is 5.26 Å². The molecule has 1 N–H and O–H groups in total. The molecule has 1 aromatic heterocycles. The maximum Gasteiger partial charge on any atom is 0.273 e. The number of aromatic nitrogens is 1. The van der Waals surface area contributed by atoms with Crippen molar-refractivity contribution in [2.45, 2.75) is 6.54 Å².